The summed E-state index contributed by atoms with van der Waals surface area (Å²) in [4.78, 5) is 12.8. The van der Waals surface area contributed by atoms with Gasteiger partial charge in [-0.05, 0) is 60.0 Å². The van der Waals surface area contributed by atoms with Gasteiger partial charge in [-0.2, -0.15) is 0 Å². The van der Waals surface area contributed by atoms with Crippen LogP contribution in [0.5, 0.6) is 5.75 Å². The zero-order chi connectivity index (χ0) is 25.6. The van der Waals surface area contributed by atoms with Gasteiger partial charge >= 0.3 is 5.97 Å². The Morgan fingerprint density at radius 2 is 1.77 bits per heavy atom. The highest BCUT2D eigenvalue weighted by Gasteiger charge is 2.64. The molecule has 6 heteroatoms. The Hall–Kier alpha value is -1.92. The van der Waals surface area contributed by atoms with Crippen LogP contribution in [0.4, 0.5) is 4.39 Å². The van der Waals surface area contributed by atoms with Gasteiger partial charge in [0.25, 0.3) is 0 Å². The summed E-state index contributed by atoms with van der Waals surface area (Å²) in [5.41, 5.74) is 1.36. The fourth-order valence-electron chi connectivity index (χ4n) is 4.37. The first-order valence-corrected chi connectivity index (χ1v) is 13.4. The van der Waals surface area contributed by atoms with E-state index >= 15 is 4.39 Å². The molecule has 2 aromatic rings. The number of esters is 1. The molecular formula is C29H38BrFO4. The van der Waals surface area contributed by atoms with Crippen LogP contribution >= 0.6 is 15.9 Å². The molecule has 0 heterocycles. The van der Waals surface area contributed by atoms with E-state index in [0.717, 1.165) is 18.4 Å². The van der Waals surface area contributed by atoms with E-state index in [9.17, 15) is 4.79 Å². The van der Waals surface area contributed by atoms with Crippen LogP contribution < -0.4 is 4.74 Å². The van der Waals surface area contributed by atoms with Gasteiger partial charge in [-0.15, -0.1) is 0 Å². The molecule has 4 nitrogen and oxygen atoms in total. The summed E-state index contributed by atoms with van der Waals surface area (Å²) >= 11 is 3.26. The van der Waals surface area contributed by atoms with Gasteiger partial charge in [-0.3, -0.25) is 4.79 Å². The maximum Gasteiger partial charge on any atom is 0.312 e. The standard InChI is InChI=1S/C29H38BrFO4/c1-6-7-8-9-16-33-26-25(28(26,4)5)27(32)34-19-21-12-10-13-22(17-21)29(30,31)23-14-11-15-24(18-23)35-20(2)3/h10-15,17-18,20,25-26H,6-9,16,19H2,1-5H3. The Kier molecular flexibility index (Phi) is 9.39. The molecular weight excluding hydrogens is 511 g/mol. The molecule has 1 aliphatic carbocycles. The van der Waals surface area contributed by atoms with Gasteiger partial charge in [-0.1, -0.05) is 70.4 Å². The largest absolute Gasteiger partial charge is 0.491 e. The molecule has 0 bridgehead atoms. The van der Waals surface area contributed by atoms with E-state index in [1.165, 1.54) is 12.8 Å². The molecule has 0 aliphatic heterocycles. The van der Waals surface area contributed by atoms with Crippen LogP contribution in [0.3, 0.4) is 0 Å². The summed E-state index contributed by atoms with van der Waals surface area (Å²) in [7, 11) is 0. The zero-order valence-electron chi connectivity index (χ0n) is 21.5. The highest BCUT2D eigenvalue weighted by molar-refractivity contribution is 9.09. The van der Waals surface area contributed by atoms with Crippen LogP contribution in [0.25, 0.3) is 0 Å². The lowest BCUT2D eigenvalue weighted by molar-refractivity contribution is -0.148. The normalized spacial score (nSPS) is 20.3. The number of hydrogen-bond donors (Lipinski definition) is 0. The van der Waals surface area contributed by atoms with Crippen molar-refractivity contribution < 1.29 is 23.4 Å². The van der Waals surface area contributed by atoms with Crippen molar-refractivity contribution in [1.82, 2.24) is 0 Å². The molecule has 1 saturated carbocycles. The second kappa shape index (κ2) is 11.9. The van der Waals surface area contributed by atoms with Crippen molar-refractivity contribution in [1.29, 1.82) is 0 Å². The monoisotopic (exact) mass is 548 g/mol. The molecule has 3 atom stereocenters. The fourth-order valence-corrected chi connectivity index (χ4v) is 4.87. The maximum atomic E-state index is 15.9. The third-order valence-electron chi connectivity index (χ3n) is 6.52. The van der Waals surface area contributed by atoms with Gasteiger partial charge in [-0.25, -0.2) is 4.39 Å². The summed E-state index contributed by atoms with van der Waals surface area (Å²) in [6.07, 6.45) is 4.43. The van der Waals surface area contributed by atoms with Gasteiger partial charge in [0, 0.05) is 23.1 Å². The lowest BCUT2D eigenvalue weighted by Gasteiger charge is -2.21. The third-order valence-corrected chi connectivity index (χ3v) is 7.43. The number of unbranched alkanes of at least 4 members (excludes halogenated alkanes) is 3. The highest BCUT2D eigenvalue weighted by Crippen LogP contribution is 2.55. The van der Waals surface area contributed by atoms with E-state index in [2.05, 4.69) is 22.9 Å². The van der Waals surface area contributed by atoms with Crippen molar-refractivity contribution in [2.24, 2.45) is 11.3 Å². The zero-order valence-corrected chi connectivity index (χ0v) is 23.1. The number of carbonyl (C=O) groups is 1. The quantitative estimate of drug-likeness (QED) is 0.146. The second-order valence-electron chi connectivity index (χ2n) is 10.2. The van der Waals surface area contributed by atoms with Crippen LogP contribution in [0.1, 0.15) is 77.0 Å². The Balaban J connectivity index is 1.60. The SMILES string of the molecule is CCCCCCOC1C(C(=O)OCc2cccc(C(F)(Br)c3cccc(OC(C)C)c3)c2)C1(C)C. The van der Waals surface area contributed by atoms with Gasteiger partial charge in [0.2, 0.25) is 4.58 Å². The van der Waals surface area contributed by atoms with Crippen LogP contribution in [-0.2, 0) is 25.5 Å². The van der Waals surface area contributed by atoms with E-state index in [1.54, 1.807) is 36.4 Å². The van der Waals surface area contributed by atoms with Crippen molar-refractivity contribution in [3.05, 3.63) is 65.2 Å². The maximum absolute atomic E-state index is 15.9. The average molecular weight is 550 g/mol. The minimum atomic E-state index is -1.90. The minimum absolute atomic E-state index is 0.00454. The highest BCUT2D eigenvalue weighted by atomic mass is 79.9. The average Bonchev–Trinajstić information content (AvgIpc) is 3.37. The summed E-state index contributed by atoms with van der Waals surface area (Å²) in [6, 6.07) is 14.0. The first-order chi connectivity index (χ1) is 16.6. The van der Waals surface area contributed by atoms with E-state index < -0.39 is 4.58 Å². The van der Waals surface area contributed by atoms with Crippen molar-refractivity contribution in [2.75, 3.05) is 6.61 Å². The Morgan fingerprint density at radius 1 is 1.09 bits per heavy atom. The molecule has 0 aromatic heterocycles. The molecule has 3 rings (SSSR count). The number of ether oxygens (including phenoxy) is 3. The predicted octanol–water partition coefficient (Wildman–Crippen LogP) is 7.70. The third kappa shape index (κ3) is 7.07. The van der Waals surface area contributed by atoms with Crippen LogP contribution in [0.2, 0.25) is 0 Å². The predicted molar refractivity (Wildman–Crippen MR) is 140 cm³/mol. The summed E-state index contributed by atoms with van der Waals surface area (Å²) in [6.45, 7) is 10.9. The molecule has 35 heavy (non-hydrogen) atoms. The molecule has 0 radical (unpaired) electrons. The molecule has 0 spiro atoms. The van der Waals surface area contributed by atoms with Gasteiger partial charge in [0.15, 0.2) is 0 Å². The van der Waals surface area contributed by atoms with Crippen LogP contribution in [-0.4, -0.2) is 24.8 Å². The number of carbonyl (C=O) groups excluding carboxylic acids is 1. The first-order valence-electron chi connectivity index (χ1n) is 12.6. The van der Waals surface area contributed by atoms with Crippen LogP contribution in [0.15, 0.2) is 48.5 Å². The van der Waals surface area contributed by atoms with Crippen molar-refractivity contribution >= 4 is 21.9 Å². The smallest absolute Gasteiger partial charge is 0.312 e. The Bertz CT molecular complexity index is 988. The molecule has 192 valence electrons. The van der Waals surface area contributed by atoms with Gasteiger partial charge < -0.3 is 14.2 Å². The van der Waals surface area contributed by atoms with E-state index in [-0.39, 0.29) is 36.1 Å². The second-order valence-corrected chi connectivity index (χ2v) is 11.3. The summed E-state index contributed by atoms with van der Waals surface area (Å²) < 4.78 is 31.3. The first kappa shape index (κ1) is 27.7. The van der Waals surface area contributed by atoms with E-state index in [4.69, 9.17) is 14.2 Å². The van der Waals surface area contributed by atoms with Crippen molar-refractivity contribution in [3.63, 3.8) is 0 Å². The Morgan fingerprint density at radius 3 is 2.46 bits per heavy atom. The van der Waals surface area contributed by atoms with E-state index in [0.29, 0.717) is 23.5 Å². The molecule has 0 N–H and O–H groups in total. The molecule has 2 aromatic carbocycles. The number of halogens is 2. The summed E-state index contributed by atoms with van der Waals surface area (Å²) in [5.74, 6) is 0.0816. The minimum Gasteiger partial charge on any atom is -0.491 e. The molecule has 1 fully saturated rings. The van der Waals surface area contributed by atoms with Gasteiger partial charge in [0.1, 0.15) is 12.4 Å². The number of rotatable bonds is 13. The number of benzene rings is 2. The van der Waals surface area contributed by atoms with E-state index in [1.807, 2.05) is 39.8 Å². The molecule has 0 amide bonds. The molecule has 1 aliphatic rings. The van der Waals surface area contributed by atoms with Crippen molar-refractivity contribution in [3.8, 4) is 5.75 Å². The fraction of sp³-hybridized carbons (Fsp3) is 0.552. The van der Waals surface area contributed by atoms with Gasteiger partial charge in [0.05, 0.1) is 18.1 Å². The topological polar surface area (TPSA) is 44.8 Å². The lowest BCUT2D eigenvalue weighted by Crippen LogP contribution is -2.15. The van der Waals surface area contributed by atoms with Crippen LogP contribution in [0, 0.1) is 11.3 Å². The lowest BCUT2D eigenvalue weighted by atomic mass is 10.0. The molecule has 3 unspecified atom stereocenters. The summed E-state index contributed by atoms with van der Waals surface area (Å²) in [5, 5.41) is 0. The number of alkyl halides is 2. The Labute approximate surface area is 217 Å². The molecule has 0 saturated heterocycles. The van der Waals surface area contributed by atoms with Crippen molar-refractivity contribution in [2.45, 2.75) is 83.7 Å². The number of hydrogen-bond acceptors (Lipinski definition) is 4.